The lowest BCUT2D eigenvalue weighted by atomic mass is 9.91. The van der Waals surface area contributed by atoms with E-state index in [1.54, 1.807) is 0 Å². The van der Waals surface area contributed by atoms with E-state index in [0.29, 0.717) is 31.2 Å². The molecule has 2 heterocycles. The summed E-state index contributed by atoms with van der Waals surface area (Å²) in [6.07, 6.45) is 2.58. The number of para-hydroxylation sites is 2. The fourth-order valence-corrected chi connectivity index (χ4v) is 4.11. The van der Waals surface area contributed by atoms with E-state index in [1.165, 1.54) is 24.4 Å². The number of carbonyl (C=O) groups excluding carboxylic acids is 1. The van der Waals surface area contributed by atoms with E-state index in [9.17, 15) is 22.8 Å². The van der Waals surface area contributed by atoms with Gasteiger partial charge in [0.2, 0.25) is 5.95 Å². The summed E-state index contributed by atoms with van der Waals surface area (Å²) in [6, 6.07) is 4.19. The van der Waals surface area contributed by atoms with E-state index in [1.807, 2.05) is 4.90 Å². The van der Waals surface area contributed by atoms with Crippen molar-refractivity contribution in [1.82, 2.24) is 9.97 Å². The van der Waals surface area contributed by atoms with Crippen LogP contribution in [0.4, 0.5) is 35.3 Å². The average Bonchev–Trinajstić information content (AvgIpc) is 2.82. The molecule has 0 spiro atoms. The molecule has 0 radical (unpaired) electrons. The van der Waals surface area contributed by atoms with E-state index >= 15 is 0 Å². The molecule has 2 amide bonds. The van der Waals surface area contributed by atoms with Crippen LogP contribution >= 0.6 is 0 Å². The van der Waals surface area contributed by atoms with Crippen LogP contribution in [0.2, 0.25) is 0 Å². The fraction of sp³-hybridized carbons (Fsp3) is 0.478. The van der Waals surface area contributed by atoms with Gasteiger partial charge in [0.15, 0.2) is 11.7 Å². The Labute approximate surface area is 211 Å². The second-order valence-electron chi connectivity index (χ2n) is 8.66. The number of aliphatic imine (C=N–C) groups is 1. The highest BCUT2D eigenvalue weighted by atomic mass is 19.4. The molecule has 0 atom stereocenters. The second kappa shape index (κ2) is 12.8. The Hall–Kier alpha value is -3.97. The number of alkyl halides is 3. The number of hydrogen-bond donors (Lipinski definition) is 5. The third kappa shape index (κ3) is 9.20. The number of hydrogen-bond acceptors (Lipinski definition) is 6. The molecule has 1 aliphatic rings. The number of nitrogens with one attached hydrogen (secondary N) is 3. The summed E-state index contributed by atoms with van der Waals surface area (Å²) in [6.45, 7) is 2.07. The maximum Gasteiger partial charge on any atom is 0.573 e. The minimum atomic E-state index is -4.92. The number of H-pyrrole nitrogens is 1. The van der Waals surface area contributed by atoms with Crippen molar-refractivity contribution in [3.8, 4) is 5.75 Å². The molecule has 14 heteroatoms. The number of benzene rings is 1. The number of nitrogens with zero attached hydrogens (tertiary/aromatic N) is 3. The van der Waals surface area contributed by atoms with Gasteiger partial charge in [0.25, 0.3) is 5.56 Å². The number of guanidine groups is 1. The Kier molecular flexibility index (Phi) is 9.57. The van der Waals surface area contributed by atoms with Gasteiger partial charge < -0.3 is 26.4 Å². The maximum atomic E-state index is 12.6. The number of amides is 2. The van der Waals surface area contributed by atoms with Crippen molar-refractivity contribution >= 4 is 29.3 Å². The molecule has 2 aromatic rings. The van der Waals surface area contributed by atoms with E-state index in [0.717, 1.165) is 44.6 Å². The lowest BCUT2D eigenvalue weighted by Crippen LogP contribution is -2.37. The largest absolute Gasteiger partial charge is 0.573 e. The van der Waals surface area contributed by atoms with Crippen LogP contribution in [0.25, 0.3) is 0 Å². The van der Waals surface area contributed by atoms with Gasteiger partial charge in [-0.1, -0.05) is 31.4 Å². The van der Waals surface area contributed by atoms with Gasteiger partial charge in [-0.05, 0) is 37.3 Å². The lowest BCUT2D eigenvalue weighted by molar-refractivity contribution is -0.274. The first kappa shape index (κ1) is 27.6. The highest BCUT2D eigenvalue weighted by Gasteiger charge is 2.32. The van der Waals surface area contributed by atoms with Crippen molar-refractivity contribution in [3.05, 3.63) is 40.8 Å². The van der Waals surface area contributed by atoms with E-state index in [-0.39, 0.29) is 17.6 Å². The topological polar surface area (TPSA) is 164 Å². The molecule has 37 heavy (non-hydrogen) atoms. The number of rotatable bonds is 10. The normalized spacial score (nSPS) is 14.2. The average molecular weight is 525 g/mol. The molecule has 1 saturated heterocycles. The van der Waals surface area contributed by atoms with Gasteiger partial charge >= 0.3 is 12.4 Å². The molecular formula is C23H31F3N8O3. The van der Waals surface area contributed by atoms with Gasteiger partial charge in [0.05, 0.1) is 11.9 Å². The van der Waals surface area contributed by atoms with Crippen molar-refractivity contribution in [2.24, 2.45) is 22.4 Å². The predicted molar refractivity (Wildman–Crippen MR) is 135 cm³/mol. The number of carbonyl (C=O) groups is 1. The molecule has 1 fully saturated rings. The molecule has 0 unspecified atom stereocenters. The summed E-state index contributed by atoms with van der Waals surface area (Å²) in [7, 11) is 0. The fourth-order valence-electron chi connectivity index (χ4n) is 4.11. The molecule has 1 aromatic carbocycles. The zero-order valence-corrected chi connectivity index (χ0v) is 20.2. The van der Waals surface area contributed by atoms with Crippen molar-refractivity contribution in [3.63, 3.8) is 0 Å². The number of halogens is 3. The summed E-state index contributed by atoms with van der Waals surface area (Å²) >= 11 is 0. The SMILES string of the molecule is NC(N)=NCCCCCC1CCN(c2cnc(NC(=O)Nc3ccccc3OC(F)(F)F)[nH]c2=O)CC1. The van der Waals surface area contributed by atoms with Crippen LogP contribution in [-0.2, 0) is 0 Å². The summed E-state index contributed by atoms with van der Waals surface area (Å²) < 4.78 is 41.6. The number of nitrogens with two attached hydrogens (primary N) is 2. The summed E-state index contributed by atoms with van der Waals surface area (Å²) in [5.74, 6) is -0.0164. The van der Waals surface area contributed by atoms with Crippen LogP contribution in [0, 0.1) is 5.92 Å². The van der Waals surface area contributed by atoms with Gasteiger partial charge in [-0.3, -0.25) is 20.1 Å². The van der Waals surface area contributed by atoms with Crippen LogP contribution in [-0.4, -0.2) is 48.0 Å². The highest BCUT2D eigenvalue weighted by Crippen LogP contribution is 2.30. The third-order valence-electron chi connectivity index (χ3n) is 5.89. The third-order valence-corrected chi connectivity index (χ3v) is 5.89. The quantitative estimate of drug-likeness (QED) is 0.181. The number of piperidine rings is 1. The molecule has 3 rings (SSSR count). The van der Waals surface area contributed by atoms with Crippen molar-refractivity contribution in [1.29, 1.82) is 0 Å². The first-order chi connectivity index (χ1) is 17.6. The molecule has 1 aliphatic heterocycles. The maximum absolute atomic E-state index is 12.6. The Balaban J connectivity index is 1.47. The molecule has 0 bridgehead atoms. The number of ether oxygens (including phenoxy) is 1. The highest BCUT2D eigenvalue weighted by molar-refractivity contribution is 5.99. The van der Waals surface area contributed by atoms with Crippen molar-refractivity contribution in [2.45, 2.75) is 44.9 Å². The molecule has 1 aromatic heterocycles. The first-order valence-corrected chi connectivity index (χ1v) is 11.9. The summed E-state index contributed by atoms with van der Waals surface area (Å²) in [4.78, 5) is 37.4. The number of anilines is 3. The van der Waals surface area contributed by atoms with Crippen LogP contribution in [0.15, 0.2) is 40.2 Å². The minimum Gasteiger partial charge on any atom is -0.404 e. The van der Waals surface area contributed by atoms with E-state index in [2.05, 4.69) is 30.3 Å². The van der Waals surface area contributed by atoms with Gasteiger partial charge in [0.1, 0.15) is 5.69 Å². The smallest absolute Gasteiger partial charge is 0.404 e. The zero-order valence-electron chi connectivity index (χ0n) is 20.2. The number of aromatic nitrogens is 2. The Bertz CT molecular complexity index is 1130. The summed E-state index contributed by atoms with van der Waals surface area (Å²) in [5.41, 5.74) is 10.4. The van der Waals surface area contributed by atoms with Gasteiger partial charge in [-0.15, -0.1) is 13.2 Å². The lowest BCUT2D eigenvalue weighted by Gasteiger charge is -2.32. The van der Waals surface area contributed by atoms with E-state index < -0.39 is 23.7 Å². The van der Waals surface area contributed by atoms with Crippen LogP contribution in [0.5, 0.6) is 5.75 Å². The van der Waals surface area contributed by atoms with Gasteiger partial charge in [0, 0.05) is 19.6 Å². The molecule has 0 saturated carbocycles. The zero-order chi connectivity index (χ0) is 26.8. The molecule has 7 N–H and O–H groups in total. The Morgan fingerprint density at radius 2 is 1.89 bits per heavy atom. The monoisotopic (exact) mass is 524 g/mol. The molecular weight excluding hydrogens is 493 g/mol. The first-order valence-electron chi connectivity index (χ1n) is 11.9. The number of urea groups is 1. The standard InChI is InChI=1S/C23H31F3N8O3/c24-23(25,26)37-18-8-4-3-7-16(18)31-22(36)33-21-30-14-17(19(35)32-21)34-12-9-15(10-13-34)6-2-1-5-11-29-20(27)28/h3-4,7-8,14-15H,1-2,5-6,9-13H2,(H4,27,28,29)(H3,30,31,32,33,35,36). The van der Waals surface area contributed by atoms with Crippen molar-refractivity contribution in [2.75, 3.05) is 35.2 Å². The van der Waals surface area contributed by atoms with E-state index in [4.69, 9.17) is 11.5 Å². The van der Waals surface area contributed by atoms with Gasteiger partial charge in [-0.2, -0.15) is 0 Å². The molecule has 11 nitrogen and oxygen atoms in total. The van der Waals surface area contributed by atoms with Gasteiger partial charge in [-0.25, -0.2) is 9.78 Å². The van der Waals surface area contributed by atoms with Crippen molar-refractivity contribution < 1.29 is 22.7 Å². The molecule has 202 valence electrons. The second-order valence-corrected chi connectivity index (χ2v) is 8.66. The number of unbranched alkanes of at least 4 members (excludes halogenated alkanes) is 2. The number of aromatic amines is 1. The molecule has 0 aliphatic carbocycles. The predicted octanol–water partition coefficient (Wildman–Crippen LogP) is 3.36. The Morgan fingerprint density at radius 3 is 2.57 bits per heavy atom. The minimum absolute atomic E-state index is 0.115. The van der Waals surface area contributed by atoms with Crippen LogP contribution in [0.1, 0.15) is 38.5 Å². The Morgan fingerprint density at radius 1 is 1.16 bits per heavy atom. The van der Waals surface area contributed by atoms with Crippen LogP contribution < -0.4 is 37.3 Å². The van der Waals surface area contributed by atoms with Crippen LogP contribution in [0.3, 0.4) is 0 Å². The summed E-state index contributed by atoms with van der Waals surface area (Å²) in [5, 5.41) is 4.56.